The Hall–Kier alpha value is -2.20. The van der Waals surface area contributed by atoms with Gasteiger partial charge in [-0.2, -0.15) is 0 Å². The summed E-state index contributed by atoms with van der Waals surface area (Å²) in [6, 6.07) is 6.64. The van der Waals surface area contributed by atoms with Crippen molar-refractivity contribution in [2.24, 2.45) is 11.5 Å². The molecule has 0 saturated carbocycles. The van der Waals surface area contributed by atoms with E-state index in [1.165, 1.54) is 0 Å². The first kappa shape index (κ1) is 19.8. The first-order valence-electron chi connectivity index (χ1n) is 7.40. The van der Waals surface area contributed by atoms with Gasteiger partial charge < -0.3 is 36.1 Å². The summed E-state index contributed by atoms with van der Waals surface area (Å²) in [4.78, 5) is 22.1. The smallest absolute Gasteiger partial charge is 0.329 e. The van der Waals surface area contributed by atoms with E-state index in [-0.39, 0.29) is 32.3 Å². The number of nitrogens with two attached hydrogens (primary N) is 2. The van der Waals surface area contributed by atoms with E-state index >= 15 is 0 Å². The van der Waals surface area contributed by atoms with Crippen molar-refractivity contribution in [1.29, 1.82) is 0 Å². The SMILES string of the molecule is NCCNC(=O)c1cccc(OCC(N)OCCOCC(=O)O)c1. The molecule has 0 bridgehead atoms. The lowest BCUT2D eigenvalue weighted by Crippen LogP contribution is -2.32. The van der Waals surface area contributed by atoms with Crippen molar-refractivity contribution < 1.29 is 28.9 Å². The number of aliphatic carboxylic acids is 1. The summed E-state index contributed by atoms with van der Waals surface area (Å²) in [7, 11) is 0. The highest BCUT2D eigenvalue weighted by atomic mass is 16.6. The predicted octanol–water partition coefficient (Wildman–Crippen LogP) is -0.843. The van der Waals surface area contributed by atoms with Gasteiger partial charge in [0.05, 0.1) is 13.2 Å². The van der Waals surface area contributed by atoms with E-state index in [0.29, 0.717) is 24.4 Å². The zero-order valence-corrected chi connectivity index (χ0v) is 13.3. The second-order valence-electron chi connectivity index (χ2n) is 4.74. The van der Waals surface area contributed by atoms with Crippen molar-refractivity contribution in [2.75, 3.05) is 39.5 Å². The van der Waals surface area contributed by atoms with Gasteiger partial charge in [0, 0.05) is 18.7 Å². The minimum atomic E-state index is -1.04. The highest BCUT2D eigenvalue weighted by molar-refractivity contribution is 5.94. The van der Waals surface area contributed by atoms with Crippen LogP contribution in [0.5, 0.6) is 5.75 Å². The molecule has 0 aromatic heterocycles. The monoisotopic (exact) mass is 341 g/mol. The Labute approximate surface area is 139 Å². The number of hydrogen-bond acceptors (Lipinski definition) is 7. The molecule has 1 unspecified atom stereocenters. The molecule has 1 amide bonds. The average molecular weight is 341 g/mol. The Balaban J connectivity index is 2.31. The van der Waals surface area contributed by atoms with E-state index in [2.05, 4.69) is 5.32 Å². The number of carbonyl (C=O) groups is 2. The van der Waals surface area contributed by atoms with Crippen LogP contribution < -0.4 is 21.5 Å². The second-order valence-corrected chi connectivity index (χ2v) is 4.74. The van der Waals surface area contributed by atoms with Crippen LogP contribution >= 0.6 is 0 Å². The van der Waals surface area contributed by atoms with Crippen LogP contribution in [0.3, 0.4) is 0 Å². The normalized spacial score (nSPS) is 11.8. The summed E-state index contributed by atoms with van der Waals surface area (Å²) >= 11 is 0. The Morgan fingerprint density at radius 1 is 1.29 bits per heavy atom. The van der Waals surface area contributed by atoms with Crippen LogP contribution in [0.1, 0.15) is 10.4 Å². The third-order valence-electron chi connectivity index (χ3n) is 2.73. The second kappa shape index (κ2) is 11.4. The van der Waals surface area contributed by atoms with Gasteiger partial charge in [-0.3, -0.25) is 4.79 Å². The van der Waals surface area contributed by atoms with E-state index in [9.17, 15) is 9.59 Å². The van der Waals surface area contributed by atoms with Crippen molar-refractivity contribution in [3.05, 3.63) is 29.8 Å². The summed E-state index contributed by atoms with van der Waals surface area (Å²) in [6.45, 7) is 0.730. The first-order chi connectivity index (χ1) is 11.5. The van der Waals surface area contributed by atoms with E-state index in [4.69, 9.17) is 30.8 Å². The van der Waals surface area contributed by atoms with Crippen LogP contribution in [-0.2, 0) is 14.3 Å². The lowest BCUT2D eigenvalue weighted by molar-refractivity contribution is -0.143. The van der Waals surface area contributed by atoms with Gasteiger partial charge in [0.15, 0.2) is 0 Å². The van der Waals surface area contributed by atoms with Crippen molar-refractivity contribution in [3.8, 4) is 5.75 Å². The summed E-state index contributed by atoms with van der Waals surface area (Å²) in [5, 5.41) is 11.1. The number of carboxylic acid groups (broad SMARTS) is 1. The largest absolute Gasteiger partial charge is 0.489 e. The lowest BCUT2D eigenvalue weighted by Gasteiger charge is -2.14. The Kier molecular flexibility index (Phi) is 9.39. The zero-order chi connectivity index (χ0) is 17.8. The van der Waals surface area contributed by atoms with Crippen molar-refractivity contribution in [1.82, 2.24) is 5.32 Å². The number of amides is 1. The number of benzene rings is 1. The van der Waals surface area contributed by atoms with E-state index in [1.807, 2.05) is 0 Å². The van der Waals surface area contributed by atoms with E-state index in [0.717, 1.165) is 0 Å². The number of carboxylic acids is 1. The molecule has 9 nitrogen and oxygen atoms in total. The van der Waals surface area contributed by atoms with Crippen LogP contribution in [0.25, 0.3) is 0 Å². The quantitative estimate of drug-likeness (QED) is 0.284. The molecule has 0 heterocycles. The predicted molar refractivity (Wildman–Crippen MR) is 85.7 cm³/mol. The maximum absolute atomic E-state index is 11.8. The molecule has 1 aromatic carbocycles. The highest BCUT2D eigenvalue weighted by Crippen LogP contribution is 2.13. The fraction of sp³-hybridized carbons (Fsp3) is 0.467. The number of hydrogen-bond donors (Lipinski definition) is 4. The van der Waals surface area contributed by atoms with Gasteiger partial charge in [0.1, 0.15) is 25.2 Å². The van der Waals surface area contributed by atoms with Crippen LogP contribution in [0.4, 0.5) is 0 Å². The number of rotatable bonds is 12. The molecule has 0 saturated heterocycles. The standard InChI is InChI=1S/C15H23N3O6/c16-4-5-18-15(21)11-2-1-3-12(8-11)24-9-13(17)23-7-6-22-10-14(19)20/h1-3,8,13H,4-7,9-10,16-17H2,(H,18,21)(H,19,20). The molecule has 6 N–H and O–H groups in total. The summed E-state index contributed by atoms with van der Waals surface area (Å²) < 4.78 is 15.5. The highest BCUT2D eigenvalue weighted by Gasteiger charge is 2.08. The molecule has 134 valence electrons. The molecule has 1 rings (SSSR count). The molecular weight excluding hydrogens is 318 g/mol. The molecule has 1 atom stereocenters. The van der Waals surface area contributed by atoms with Crippen molar-refractivity contribution >= 4 is 11.9 Å². The Bertz CT molecular complexity index is 526. The molecule has 1 aromatic rings. The van der Waals surface area contributed by atoms with Gasteiger partial charge in [-0.1, -0.05) is 6.07 Å². The maximum Gasteiger partial charge on any atom is 0.329 e. The van der Waals surface area contributed by atoms with Crippen LogP contribution in [0.2, 0.25) is 0 Å². The van der Waals surface area contributed by atoms with Gasteiger partial charge in [-0.25, -0.2) is 4.79 Å². The van der Waals surface area contributed by atoms with Crippen LogP contribution in [0.15, 0.2) is 24.3 Å². The first-order valence-corrected chi connectivity index (χ1v) is 7.40. The molecule has 0 aliphatic heterocycles. The van der Waals surface area contributed by atoms with Crippen molar-refractivity contribution in [2.45, 2.75) is 6.23 Å². The van der Waals surface area contributed by atoms with Crippen LogP contribution in [-0.4, -0.2) is 62.7 Å². The number of carbonyl (C=O) groups excluding carboxylic acids is 1. The molecule has 0 aliphatic carbocycles. The molecule has 24 heavy (non-hydrogen) atoms. The molecule has 0 fully saturated rings. The van der Waals surface area contributed by atoms with Crippen molar-refractivity contribution in [3.63, 3.8) is 0 Å². The summed E-state index contributed by atoms with van der Waals surface area (Å²) in [6.07, 6.45) is -0.701. The van der Waals surface area contributed by atoms with Gasteiger partial charge in [0.2, 0.25) is 0 Å². The minimum Gasteiger partial charge on any atom is -0.489 e. The van der Waals surface area contributed by atoms with Crippen LogP contribution in [0, 0.1) is 0 Å². The number of ether oxygens (including phenoxy) is 3. The third kappa shape index (κ3) is 8.44. The molecule has 0 radical (unpaired) electrons. The molecule has 9 heteroatoms. The lowest BCUT2D eigenvalue weighted by atomic mass is 10.2. The molecule has 0 spiro atoms. The summed E-state index contributed by atoms with van der Waals surface area (Å²) in [5.74, 6) is -0.795. The Morgan fingerprint density at radius 2 is 2.08 bits per heavy atom. The summed E-state index contributed by atoms with van der Waals surface area (Å²) in [5.41, 5.74) is 11.5. The maximum atomic E-state index is 11.8. The third-order valence-corrected chi connectivity index (χ3v) is 2.73. The number of nitrogens with one attached hydrogen (secondary N) is 1. The fourth-order valence-electron chi connectivity index (χ4n) is 1.66. The van der Waals surface area contributed by atoms with E-state index < -0.39 is 12.2 Å². The Morgan fingerprint density at radius 3 is 2.79 bits per heavy atom. The minimum absolute atomic E-state index is 0.0762. The van der Waals surface area contributed by atoms with Gasteiger partial charge in [0.25, 0.3) is 5.91 Å². The fourth-order valence-corrected chi connectivity index (χ4v) is 1.66. The van der Waals surface area contributed by atoms with Gasteiger partial charge in [-0.15, -0.1) is 0 Å². The topological polar surface area (TPSA) is 146 Å². The zero-order valence-electron chi connectivity index (χ0n) is 13.3. The van der Waals surface area contributed by atoms with Gasteiger partial charge >= 0.3 is 5.97 Å². The average Bonchev–Trinajstić information content (AvgIpc) is 2.57. The molecular formula is C15H23N3O6. The molecule has 0 aliphatic rings. The van der Waals surface area contributed by atoms with Gasteiger partial charge in [-0.05, 0) is 18.2 Å². The van der Waals surface area contributed by atoms with E-state index in [1.54, 1.807) is 24.3 Å².